The van der Waals surface area contributed by atoms with E-state index in [1.54, 1.807) is 36.2 Å². The van der Waals surface area contributed by atoms with Crippen molar-refractivity contribution >= 4 is 17.8 Å². The summed E-state index contributed by atoms with van der Waals surface area (Å²) in [7, 11) is 1.59. The van der Waals surface area contributed by atoms with Gasteiger partial charge in [-0.2, -0.15) is 0 Å². The van der Waals surface area contributed by atoms with Crippen LogP contribution in [0.3, 0.4) is 0 Å². The number of amides is 2. The number of carbonyl (C=O) groups excluding carboxylic acids is 2. The fraction of sp³-hybridized carbons (Fsp3) is 0.409. The van der Waals surface area contributed by atoms with Gasteiger partial charge in [0.15, 0.2) is 11.6 Å². The number of para-hydroxylation sites is 1. The van der Waals surface area contributed by atoms with E-state index in [0.29, 0.717) is 23.1 Å². The number of H-pyrrole nitrogens is 1. The monoisotopic (exact) mass is 421 g/mol. The Morgan fingerprint density at radius 1 is 1.23 bits per heavy atom. The third-order valence-electron chi connectivity index (χ3n) is 5.54. The average molecular weight is 421 g/mol. The molecule has 160 valence electrons. The maximum absolute atomic E-state index is 12.9. The number of anilines is 1. The van der Waals surface area contributed by atoms with Crippen molar-refractivity contribution in [2.24, 2.45) is 0 Å². The first kappa shape index (κ1) is 19.5. The topological polar surface area (TPSA) is 102 Å². The summed E-state index contributed by atoms with van der Waals surface area (Å²) >= 11 is 0. The van der Waals surface area contributed by atoms with E-state index in [2.05, 4.69) is 21.8 Å². The van der Waals surface area contributed by atoms with Crippen LogP contribution in [-0.2, 0) is 0 Å². The Morgan fingerprint density at radius 3 is 2.58 bits per heavy atom. The minimum atomic E-state index is -0.983. The minimum absolute atomic E-state index is 0.0824. The molecule has 9 nitrogen and oxygen atoms in total. The van der Waals surface area contributed by atoms with Crippen molar-refractivity contribution in [2.45, 2.75) is 44.1 Å². The highest BCUT2D eigenvalue weighted by atomic mass is 16.6. The number of aliphatic hydroxyl groups excluding tert-OH is 1. The number of benzene rings is 1. The normalized spacial score (nSPS) is 20.1. The van der Waals surface area contributed by atoms with Gasteiger partial charge >= 0.3 is 6.09 Å². The Hall–Kier alpha value is -3.51. The number of carbonyl (C=O) groups is 2. The van der Waals surface area contributed by atoms with Crippen molar-refractivity contribution < 1.29 is 19.4 Å². The molecule has 2 saturated carbocycles. The first-order valence-corrected chi connectivity index (χ1v) is 10.4. The minimum Gasteiger partial charge on any atom is -0.410 e. The zero-order valence-electron chi connectivity index (χ0n) is 17.1. The second-order valence-electron chi connectivity index (χ2n) is 8.05. The molecular weight excluding hydrogens is 398 g/mol. The third-order valence-corrected chi connectivity index (χ3v) is 5.54. The van der Waals surface area contributed by atoms with Gasteiger partial charge in [-0.25, -0.2) is 9.78 Å². The standard InChI is InChI=1S/C22H23N5O4/c1-25(22(30)31-16-6-3-2-4-7-16)13-5-8-17-23-18-19(24-17)26(14-9-10-14)21(29)27(20(18)28)15-11-12-15/h2-4,6-7,14-15,21,29H,9-13H2,1H3,(H,23,24). The maximum atomic E-state index is 12.9. The van der Waals surface area contributed by atoms with Gasteiger partial charge in [-0.3, -0.25) is 14.6 Å². The van der Waals surface area contributed by atoms with E-state index in [-0.39, 0.29) is 24.5 Å². The molecular formula is C22H23N5O4. The lowest BCUT2D eigenvalue weighted by Gasteiger charge is -2.40. The summed E-state index contributed by atoms with van der Waals surface area (Å²) in [5.41, 5.74) is 0.366. The van der Waals surface area contributed by atoms with Crippen molar-refractivity contribution in [3.63, 3.8) is 0 Å². The van der Waals surface area contributed by atoms with Gasteiger partial charge in [0.1, 0.15) is 11.4 Å². The molecule has 2 fully saturated rings. The summed E-state index contributed by atoms with van der Waals surface area (Å²) in [6.45, 7) is 0.133. The van der Waals surface area contributed by atoms with Crippen LogP contribution in [0.2, 0.25) is 0 Å². The molecule has 2 heterocycles. The van der Waals surface area contributed by atoms with E-state index in [1.807, 2.05) is 11.0 Å². The van der Waals surface area contributed by atoms with E-state index >= 15 is 0 Å². The molecule has 0 radical (unpaired) electrons. The molecule has 2 aliphatic carbocycles. The molecule has 1 atom stereocenters. The van der Waals surface area contributed by atoms with Gasteiger partial charge in [0.25, 0.3) is 5.91 Å². The lowest BCUT2D eigenvalue weighted by molar-refractivity contribution is -0.00401. The van der Waals surface area contributed by atoms with Crippen LogP contribution >= 0.6 is 0 Å². The van der Waals surface area contributed by atoms with Gasteiger partial charge in [0.05, 0.1) is 6.54 Å². The molecule has 1 unspecified atom stereocenters. The number of fused-ring (bicyclic) bond motifs is 1. The molecule has 2 aromatic rings. The first-order chi connectivity index (χ1) is 15.0. The van der Waals surface area contributed by atoms with Gasteiger partial charge in [0, 0.05) is 19.1 Å². The Balaban J connectivity index is 1.30. The highest BCUT2D eigenvalue weighted by Gasteiger charge is 2.49. The predicted molar refractivity (Wildman–Crippen MR) is 111 cm³/mol. The van der Waals surface area contributed by atoms with Crippen LogP contribution < -0.4 is 9.64 Å². The zero-order chi connectivity index (χ0) is 21.5. The number of aliphatic hydroxyl groups is 1. The van der Waals surface area contributed by atoms with Crippen LogP contribution in [0.15, 0.2) is 30.3 Å². The first-order valence-electron chi connectivity index (χ1n) is 10.4. The van der Waals surface area contributed by atoms with Crippen LogP contribution in [0.4, 0.5) is 10.6 Å². The lowest BCUT2D eigenvalue weighted by Crippen LogP contribution is -2.57. The number of rotatable bonds is 4. The quantitative estimate of drug-likeness (QED) is 0.730. The number of hydrogen-bond donors (Lipinski definition) is 2. The highest BCUT2D eigenvalue weighted by Crippen LogP contribution is 2.41. The molecule has 9 heteroatoms. The Bertz CT molecular complexity index is 1060. The summed E-state index contributed by atoms with van der Waals surface area (Å²) in [4.78, 5) is 37.3. The second kappa shape index (κ2) is 7.63. The molecule has 2 N–H and O–H groups in total. The number of hydrogen-bond acceptors (Lipinski definition) is 6. The molecule has 1 aromatic carbocycles. The lowest BCUT2D eigenvalue weighted by atomic mass is 10.2. The number of imidazole rings is 1. The molecule has 1 aromatic heterocycles. The highest BCUT2D eigenvalue weighted by molar-refractivity contribution is 6.00. The van der Waals surface area contributed by atoms with Crippen molar-refractivity contribution in [2.75, 3.05) is 18.5 Å². The van der Waals surface area contributed by atoms with E-state index < -0.39 is 12.4 Å². The SMILES string of the molecule is CN(CC#Cc1nc2c([nH]1)C(=O)N(C1CC1)C(O)N2C1CC1)C(=O)Oc1ccccc1. The fourth-order valence-corrected chi connectivity index (χ4v) is 3.63. The maximum Gasteiger partial charge on any atom is 0.415 e. The van der Waals surface area contributed by atoms with Crippen LogP contribution in [0.25, 0.3) is 0 Å². The van der Waals surface area contributed by atoms with Crippen molar-refractivity contribution in [3.8, 4) is 17.6 Å². The van der Waals surface area contributed by atoms with E-state index in [4.69, 9.17) is 4.74 Å². The van der Waals surface area contributed by atoms with Gasteiger partial charge in [-0.05, 0) is 43.7 Å². The van der Waals surface area contributed by atoms with Gasteiger partial charge in [0.2, 0.25) is 6.35 Å². The molecule has 31 heavy (non-hydrogen) atoms. The van der Waals surface area contributed by atoms with Crippen LogP contribution in [-0.4, -0.2) is 68.9 Å². The molecule has 0 spiro atoms. The number of ether oxygens (including phenoxy) is 1. The molecule has 0 saturated heterocycles. The smallest absolute Gasteiger partial charge is 0.410 e. The number of nitrogens with one attached hydrogen (secondary N) is 1. The fourth-order valence-electron chi connectivity index (χ4n) is 3.63. The van der Waals surface area contributed by atoms with E-state index in [1.165, 1.54) is 4.90 Å². The van der Waals surface area contributed by atoms with Crippen LogP contribution in [0.5, 0.6) is 5.75 Å². The van der Waals surface area contributed by atoms with Gasteiger partial charge in [-0.1, -0.05) is 24.1 Å². The van der Waals surface area contributed by atoms with Crippen molar-refractivity contribution in [1.29, 1.82) is 0 Å². The summed E-state index contributed by atoms with van der Waals surface area (Å²) < 4.78 is 5.27. The molecule has 3 aliphatic rings. The van der Waals surface area contributed by atoms with E-state index in [0.717, 1.165) is 25.7 Å². The van der Waals surface area contributed by atoms with Gasteiger partial charge < -0.3 is 19.7 Å². The third kappa shape index (κ3) is 3.82. The summed E-state index contributed by atoms with van der Waals surface area (Å²) in [5.74, 6) is 6.77. The largest absolute Gasteiger partial charge is 0.415 e. The van der Waals surface area contributed by atoms with E-state index in [9.17, 15) is 14.7 Å². The number of nitrogens with zero attached hydrogens (tertiary/aromatic N) is 4. The Labute approximate surface area is 179 Å². The molecule has 0 bridgehead atoms. The average Bonchev–Trinajstić information content (AvgIpc) is 3.68. The van der Waals surface area contributed by atoms with Crippen molar-refractivity contribution in [3.05, 3.63) is 41.9 Å². The predicted octanol–water partition coefficient (Wildman–Crippen LogP) is 1.75. The number of aromatic nitrogens is 2. The summed E-state index contributed by atoms with van der Waals surface area (Å²) in [5, 5.41) is 10.8. The molecule has 5 rings (SSSR count). The zero-order valence-corrected chi connectivity index (χ0v) is 17.1. The Kier molecular flexibility index (Phi) is 4.79. The second-order valence-corrected chi connectivity index (χ2v) is 8.05. The van der Waals surface area contributed by atoms with Gasteiger partial charge in [-0.15, -0.1) is 0 Å². The summed E-state index contributed by atoms with van der Waals surface area (Å²) in [6.07, 6.45) is 2.24. The summed E-state index contributed by atoms with van der Waals surface area (Å²) in [6, 6.07) is 9.08. The van der Waals surface area contributed by atoms with Crippen LogP contribution in [0.1, 0.15) is 42.0 Å². The molecule has 2 amide bonds. The van der Waals surface area contributed by atoms with Crippen LogP contribution in [0, 0.1) is 11.8 Å². The molecule has 1 aliphatic heterocycles. The number of aromatic amines is 1. The van der Waals surface area contributed by atoms with Crippen molar-refractivity contribution in [1.82, 2.24) is 19.8 Å². The Morgan fingerprint density at radius 2 is 1.90 bits per heavy atom.